The number of aromatic nitrogens is 3. The minimum Gasteiger partial charge on any atom is -0.361 e. The molecule has 1 aliphatic heterocycles. The van der Waals surface area contributed by atoms with Crippen molar-refractivity contribution in [3.63, 3.8) is 0 Å². The summed E-state index contributed by atoms with van der Waals surface area (Å²) in [5.74, 6) is 0.124. The normalized spacial score (nSPS) is 16.0. The van der Waals surface area contributed by atoms with Crippen LogP contribution in [0.25, 0.3) is 11.1 Å². The minimum absolute atomic E-state index is 0.0861. The van der Waals surface area contributed by atoms with Crippen molar-refractivity contribution in [3.8, 4) is 0 Å². The van der Waals surface area contributed by atoms with Crippen molar-refractivity contribution in [2.24, 2.45) is 0 Å². The third-order valence-electron chi connectivity index (χ3n) is 5.20. The van der Waals surface area contributed by atoms with Crippen molar-refractivity contribution in [1.29, 1.82) is 0 Å². The van der Waals surface area contributed by atoms with Crippen LogP contribution in [0.1, 0.15) is 58.9 Å². The van der Waals surface area contributed by atoms with Crippen LogP contribution < -0.4 is 0 Å². The predicted molar refractivity (Wildman–Crippen MR) is 95.3 cm³/mol. The number of likely N-dealkylation sites (tertiary alicyclic amines) is 1. The fourth-order valence-electron chi connectivity index (χ4n) is 3.70. The Morgan fingerprint density at radius 2 is 1.93 bits per heavy atom. The number of nitrogens with zero attached hydrogens (tertiary/aromatic N) is 4. The molecule has 29 heavy (non-hydrogen) atoms. The molecule has 1 saturated heterocycles. The maximum absolute atomic E-state index is 13.5. The van der Waals surface area contributed by atoms with E-state index in [1.807, 2.05) is 6.92 Å². The van der Waals surface area contributed by atoms with Crippen LogP contribution in [0.4, 0.5) is 13.2 Å². The second-order valence-corrected chi connectivity index (χ2v) is 7.16. The molecule has 0 atom stereocenters. The molecule has 1 amide bonds. The van der Waals surface area contributed by atoms with E-state index < -0.39 is 11.7 Å². The molecule has 4 rings (SSSR count). The van der Waals surface area contributed by atoms with E-state index in [4.69, 9.17) is 9.05 Å². The van der Waals surface area contributed by atoms with E-state index >= 15 is 0 Å². The quantitative estimate of drug-likeness (QED) is 0.648. The first-order valence-electron chi connectivity index (χ1n) is 9.37. The molecule has 0 saturated carbocycles. The van der Waals surface area contributed by atoms with Crippen molar-refractivity contribution < 1.29 is 27.0 Å². The molecule has 0 bridgehead atoms. The third kappa shape index (κ3) is 3.58. The smallest absolute Gasteiger partial charge is 0.361 e. The third-order valence-corrected chi connectivity index (χ3v) is 5.20. The van der Waals surface area contributed by atoms with Crippen molar-refractivity contribution in [3.05, 3.63) is 40.5 Å². The zero-order chi connectivity index (χ0) is 20.8. The molecule has 0 unspecified atom stereocenters. The maximum Gasteiger partial charge on any atom is 0.417 e. The van der Waals surface area contributed by atoms with E-state index in [2.05, 4.69) is 15.3 Å². The van der Waals surface area contributed by atoms with Gasteiger partial charge in [0.05, 0.1) is 16.6 Å². The van der Waals surface area contributed by atoms with Crippen LogP contribution in [0.3, 0.4) is 0 Å². The SMILES string of the molecule is CCc1cc(C(=O)N2CCC(c3noc4nc(C)cc(C(F)(F)F)c34)CC2)no1. The maximum atomic E-state index is 13.5. The molecule has 0 aromatic carbocycles. The molecule has 4 heterocycles. The van der Waals surface area contributed by atoms with Gasteiger partial charge in [-0.1, -0.05) is 17.2 Å². The molecule has 3 aromatic heterocycles. The summed E-state index contributed by atoms with van der Waals surface area (Å²) in [7, 11) is 0. The predicted octanol–water partition coefficient (Wildman–Crippen LogP) is 4.12. The highest BCUT2D eigenvalue weighted by Gasteiger charge is 2.38. The van der Waals surface area contributed by atoms with Gasteiger partial charge in [-0.15, -0.1) is 0 Å². The van der Waals surface area contributed by atoms with Gasteiger partial charge in [0.25, 0.3) is 11.6 Å². The van der Waals surface area contributed by atoms with Crippen LogP contribution in [0.15, 0.2) is 21.2 Å². The number of amides is 1. The molecule has 3 aromatic rings. The highest BCUT2D eigenvalue weighted by Crippen LogP contribution is 2.40. The van der Waals surface area contributed by atoms with E-state index in [0.29, 0.717) is 38.1 Å². The summed E-state index contributed by atoms with van der Waals surface area (Å²) >= 11 is 0. The second kappa shape index (κ2) is 7.16. The van der Waals surface area contributed by atoms with E-state index in [1.165, 1.54) is 6.92 Å². The average Bonchev–Trinajstić information content (AvgIpc) is 3.33. The highest BCUT2D eigenvalue weighted by atomic mass is 19.4. The van der Waals surface area contributed by atoms with Gasteiger partial charge in [0.2, 0.25) is 0 Å². The lowest BCUT2D eigenvalue weighted by atomic mass is 9.90. The first-order chi connectivity index (χ1) is 13.8. The van der Waals surface area contributed by atoms with Crippen LogP contribution in [-0.4, -0.2) is 39.2 Å². The van der Waals surface area contributed by atoms with Gasteiger partial charge in [-0.3, -0.25) is 4.79 Å². The first-order valence-corrected chi connectivity index (χ1v) is 9.37. The van der Waals surface area contributed by atoms with Gasteiger partial charge >= 0.3 is 6.18 Å². The van der Waals surface area contributed by atoms with Gasteiger partial charge in [0.1, 0.15) is 5.76 Å². The van der Waals surface area contributed by atoms with Crippen LogP contribution in [-0.2, 0) is 12.6 Å². The van der Waals surface area contributed by atoms with Crippen LogP contribution >= 0.6 is 0 Å². The summed E-state index contributed by atoms with van der Waals surface area (Å²) < 4.78 is 50.8. The lowest BCUT2D eigenvalue weighted by Gasteiger charge is -2.30. The molecular formula is C19H19F3N4O3. The zero-order valence-corrected chi connectivity index (χ0v) is 15.9. The van der Waals surface area contributed by atoms with Gasteiger partial charge in [0, 0.05) is 37.2 Å². The molecule has 7 nitrogen and oxygen atoms in total. The second-order valence-electron chi connectivity index (χ2n) is 7.16. The van der Waals surface area contributed by atoms with Gasteiger partial charge in [-0.05, 0) is 25.8 Å². The number of halogens is 3. The summed E-state index contributed by atoms with van der Waals surface area (Å²) in [5.41, 5.74) is -0.190. The molecule has 0 aliphatic carbocycles. The molecule has 1 aliphatic rings. The monoisotopic (exact) mass is 408 g/mol. The molecule has 0 N–H and O–H groups in total. The number of pyridine rings is 1. The number of carbonyl (C=O) groups excluding carboxylic acids is 1. The van der Waals surface area contributed by atoms with Crippen molar-refractivity contribution in [2.45, 2.75) is 45.2 Å². The minimum atomic E-state index is -4.53. The van der Waals surface area contributed by atoms with E-state index in [9.17, 15) is 18.0 Å². The highest BCUT2D eigenvalue weighted by molar-refractivity contribution is 5.92. The number of fused-ring (bicyclic) bond motifs is 1. The van der Waals surface area contributed by atoms with Gasteiger partial charge < -0.3 is 13.9 Å². The van der Waals surface area contributed by atoms with Gasteiger partial charge in [0.15, 0.2) is 5.69 Å². The van der Waals surface area contributed by atoms with Crippen LogP contribution in [0.2, 0.25) is 0 Å². The number of alkyl halides is 3. The molecule has 0 radical (unpaired) electrons. The standard InChI is InChI=1S/C19H19F3N4O3/c1-3-12-9-14(24-28-12)18(27)26-6-4-11(5-7-26)16-15-13(19(20,21)22)8-10(2)23-17(15)29-25-16/h8-9,11H,3-7H2,1-2H3. The molecule has 154 valence electrons. The average molecular weight is 408 g/mol. The number of aryl methyl sites for hydroxylation is 2. The number of rotatable bonds is 3. The summed E-state index contributed by atoms with van der Waals surface area (Å²) in [6.07, 6.45) is -2.96. The first kappa shape index (κ1) is 19.4. The fourth-order valence-corrected chi connectivity index (χ4v) is 3.70. The van der Waals surface area contributed by atoms with Gasteiger partial charge in [-0.25, -0.2) is 4.98 Å². The van der Waals surface area contributed by atoms with E-state index in [0.717, 1.165) is 6.07 Å². The Hall–Kier alpha value is -2.91. The number of hydrogen-bond acceptors (Lipinski definition) is 6. The largest absolute Gasteiger partial charge is 0.417 e. The molecular weight excluding hydrogens is 389 g/mol. The lowest BCUT2D eigenvalue weighted by molar-refractivity contribution is -0.136. The van der Waals surface area contributed by atoms with Gasteiger partial charge in [-0.2, -0.15) is 13.2 Å². The van der Waals surface area contributed by atoms with E-state index in [1.54, 1.807) is 11.0 Å². The van der Waals surface area contributed by atoms with E-state index in [-0.39, 0.29) is 40.0 Å². The topological polar surface area (TPSA) is 85.3 Å². The Morgan fingerprint density at radius 1 is 1.21 bits per heavy atom. The summed E-state index contributed by atoms with van der Waals surface area (Å²) in [5, 5.41) is 7.61. The van der Waals surface area contributed by atoms with Crippen molar-refractivity contribution in [1.82, 2.24) is 20.2 Å². The Labute approximate surface area is 163 Å². The Balaban J connectivity index is 1.56. The summed E-state index contributed by atoms with van der Waals surface area (Å²) in [4.78, 5) is 18.2. The van der Waals surface area contributed by atoms with Crippen LogP contribution in [0, 0.1) is 6.92 Å². The Morgan fingerprint density at radius 3 is 2.55 bits per heavy atom. The number of carbonyl (C=O) groups is 1. The summed E-state index contributed by atoms with van der Waals surface area (Å²) in [6, 6.07) is 2.63. The van der Waals surface area contributed by atoms with Crippen molar-refractivity contribution in [2.75, 3.05) is 13.1 Å². The Bertz CT molecular complexity index is 1050. The Kier molecular flexibility index (Phi) is 4.79. The zero-order valence-electron chi connectivity index (χ0n) is 15.9. The summed E-state index contributed by atoms with van der Waals surface area (Å²) in [6.45, 7) is 4.14. The molecule has 10 heteroatoms. The molecule has 1 fully saturated rings. The fraction of sp³-hybridized carbons (Fsp3) is 0.474. The number of piperidine rings is 1. The molecule has 0 spiro atoms. The number of hydrogen-bond donors (Lipinski definition) is 0. The lowest BCUT2D eigenvalue weighted by Crippen LogP contribution is -2.38. The van der Waals surface area contributed by atoms with Crippen LogP contribution in [0.5, 0.6) is 0 Å². The van der Waals surface area contributed by atoms with Crippen molar-refractivity contribution >= 4 is 17.0 Å².